The van der Waals surface area contributed by atoms with E-state index in [4.69, 9.17) is 4.74 Å². The van der Waals surface area contributed by atoms with Gasteiger partial charge in [-0.2, -0.15) is 0 Å². The Bertz CT molecular complexity index is 317. The van der Waals surface area contributed by atoms with Gasteiger partial charge in [-0.05, 0) is 24.3 Å². The summed E-state index contributed by atoms with van der Waals surface area (Å²) in [6, 6.07) is 11.7. The number of ether oxygens (including phenoxy) is 1. The van der Waals surface area contributed by atoms with Gasteiger partial charge >= 0.3 is 0 Å². The molecular formula is C15H23NO. The van der Waals surface area contributed by atoms with Crippen molar-refractivity contribution in [2.24, 2.45) is 5.92 Å². The van der Waals surface area contributed by atoms with E-state index in [1.54, 1.807) is 0 Å². The molecule has 1 aromatic rings. The molecule has 2 nitrogen and oxygen atoms in total. The van der Waals surface area contributed by atoms with Crippen molar-refractivity contribution < 1.29 is 4.74 Å². The lowest BCUT2D eigenvalue weighted by Gasteiger charge is -2.31. The molecule has 2 heteroatoms. The zero-order valence-corrected chi connectivity index (χ0v) is 10.9. The molecule has 1 heterocycles. The highest BCUT2D eigenvalue weighted by atomic mass is 16.5. The van der Waals surface area contributed by atoms with E-state index in [2.05, 4.69) is 49.5 Å². The Labute approximate surface area is 104 Å². The molecule has 1 fully saturated rings. The van der Waals surface area contributed by atoms with Crippen LogP contribution in [0.5, 0.6) is 0 Å². The summed E-state index contributed by atoms with van der Waals surface area (Å²) in [5.74, 6) is 0.597. The third-order valence-corrected chi connectivity index (χ3v) is 3.40. The Kier molecular flexibility index (Phi) is 4.57. The largest absolute Gasteiger partial charge is 0.380 e. The molecule has 0 aromatic heterocycles. The second-order valence-corrected chi connectivity index (χ2v) is 5.21. The third kappa shape index (κ3) is 3.55. The van der Waals surface area contributed by atoms with Gasteiger partial charge < -0.3 is 10.1 Å². The van der Waals surface area contributed by atoms with E-state index < -0.39 is 0 Å². The fraction of sp³-hybridized carbons (Fsp3) is 0.600. The molecule has 94 valence electrons. The molecule has 0 amide bonds. The summed E-state index contributed by atoms with van der Waals surface area (Å²) in [5.41, 5.74) is 1.38. The van der Waals surface area contributed by atoms with Crippen molar-refractivity contribution in [1.82, 2.24) is 5.32 Å². The SMILES string of the molecule is CC(C)C(NC1CCCOC1)c1ccccc1. The number of hydrogen-bond acceptors (Lipinski definition) is 2. The average Bonchev–Trinajstić information content (AvgIpc) is 2.38. The maximum atomic E-state index is 5.54. The lowest BCUT2D eigenvalue weighted by molar-refractivity contribution is 0.0638. The Morgan fingerprint density at radius 3 is 2.59 bits per heavy atom. The van der Waals surface area contributed by atoms with Crippen LogP contribution in [0, 0.1) is 5.92 Å². The minimum absolute atomic E-state index is 0.433. The number of benzene rings is 1. The standard InChI is InChI=1S/C15H23NO/c1-12(2)15(13-7-4-3-5-8-13)16-14-9-6-10-17-11-14/h3-5,7-8,12,14-16H,6,9-11H2,1-2H3. The highest BCUT2D eigenvalue weighted by Crippen LogP contribution is 2.23. The molecule has 2 rings (SSSR count). The van der Waals surface area contributed by atoms with Gasteiger partial charge in [-0.25, -0.2) is 0 Å². The van der Waals surface area contributed by atoms with E-state index in [9.17, 15) is 0 Å². The highest BCUT2D eigenvalue weighted by Gasteiger charge is 2.21. The molecule has 2 atom stereocenters. The molecule has 0 aliphatic carbocycles. The first-order valence-corrected chi connectivity index (χ1v) is 6.66. The highest BCUT2D eigenvalue weighted by molar-refractivity contribution is 5.19. The van der Waals surface area contributed by atoms with E-state index >= 15 is 0 Å². The molecule has 0 radical (unpaired) electrons. The smallest absolute Gasteiger partial charge is 0.0619 e. The Balaban J connectivity index is 2.02. The lowest BCUT2D eigenvalue weighted by atomic mass is 9.94. The zero-order valence-electron chi connectivity index (χ0n) is 10.9. The van der Waals surface area contributed by atoms with Crippen LogP contribution in [0.4, 0.5) is 0 Å². The fourth-order valence-corrected chi connectivity index (χ4v) is 2.46. The van der Waals surface area contributed by atoms with E-state index in [-0.39, 0.29) is 0 Å². The average molecular weight is 233 g/mol. The van der Waals surface area contributed by atoms with Gasteiger partial charge in [-0.1, -0.05) is 44.2 Å². The molecule has 0 saturated carbocycles. The summed E-state index contributed by atoms with van der Waals surface area (Å²) >= 11 is 0. The van der Waals surface area contributed by atoms with Crippen LogP contribution in [0.25, 0.3) is 0 Å². The van der Waals surface area contributed by atoms with Crippen molar-refractivity contribution in [3.8, 4) is 0 Å². The summed E-state index contributed by atoms with van der Waals surface area (Å²) in [6.45, 7) is 6.33. The monoisotopic (exact) mass is 233 g/mol. The second kappa shape index (κ2) is 6.18. The van der Waals surface area contributed by atoms with Crippen LogP contribution in [0.1, 0.15) is 38.3 Å². The maximum Gasteiger partial charge on any atom is 0.0619 e. The third-order valence-electron chi connectivity index (χ3n) is 3.40. The summed E-state index contributed by atoms with van der Waals surface area (Å²) in [5, 5.41) is 3.75. The zero-order chi connectivity index (χ0) is 12.1. The first-order valence-electron chi connectivity index (χ1n) is 6.66. The van der Waals surface area contributed by atoms with Crippen molar-refractivity contribution >= 4 is 0 Å². The van der Waals surface area contributed by atoms with E-state index in [0.717, 1.165) is 13.2 Å². The quantitative estimate of drug-likeness (QED) is 0.862. The predicted octanol–water partition coefficient (Wildman–Crippen LogP) is 3.15. The maximum absolute atomic E-state index is 5.54. The number of nitrogens with one attached hydrogen (secondary N) is 1. The Morgan fingerprint density at radius 2 is 2.00 bits per heavy atom. The van der Waals surface area contributed by atoms with Crippen LogP contribution >= 0.6 is 0 Å². The Morgan fingerprint density at radius 1 is 1.24 bits per heavy atom. The molecule has 1 aliphatic heterocycles. The van der Waals surface area contributed by atoms with Crippen molar-refractivity contribution in [2.75, 3.05) is 13.2 Å². The normalized spacial score (nSPS) is 22.6. The van der Waals surface area contributed by atoms with Crippen LogP contribution in [-0.4, -0.2) is 19.3 Å². The van der Waals surface area contributed by atoms with Crippen molar-refractivity contribution in [1.29, 1.82) is 0 Å². The van der Waals surface area contributed by atoms with Gasteiger partial charge in [0.1, 0.15) is 0 Å². The minimum Gasteiger partial charge on any atom is -0.380 e. The van der Waals surface area contributed by atoms with Gasteiger partial charge in [0, 0.05) is 18.7 Å². The number of hydrogen-bond donors (Lipinski definition) is 1. The molecule has 17 heavy (non-hydrogen) atoms. The molecule has 2 unspecified atom stereocenters. The van der Waals surface area contributed by atoms with Crippen LogP contribution < -0.4 is 5.32 Å². The van der Waals surface area contributed by atoms with Crippen LogP contribution in [0.15, 0.2) is 30.3 Å². The van der Waals surface area contributed by atoms with Gasteiger partial charge in [-0.15, -0.1) is 0 Å². The van der Waals surface area contributed by atoms with Gasteiger partial charge in [0.25, 0.3) is 0 Å². The van der Waals surface area contributed by atoms with Crippen LogP contribution in [0.2, 0.25) is 0 Å². The van der Waals surface area contributed by atoms with Crippen molar-refractivity contribution in [2.45, 2.75) is 38.8 Å². The molecule has 1 aromatic carbocycles. The lowest BCUT2D eigenvalue weighted by Crippen LogP contribution is -2.40. The summed E-state index contributed by atoms with van der Waals surface area (Å²) < 4.78 is 5.54. The van der Waals surface area contributed by atoms with Gasteiger partial charge in [0.15, 0.2) is 0 Å². The van der Waals surface area contributed by atoms with Gasteiger partial charge in [0.2, 0.25) is 0 Å². The first kappa shape index (κ1) is 12.6. The molecule has 1 aliphatic rings. The first-order chi connectivity index (χ1) is 8.27. The van der Waals surface area contributed by atoms with E-state index in [0.29, 0.717) is 18.0 Å². The summed E-state index contributed by atoms with van der Waals surface area (Å²) in [6.07, 6.45) is 2.41. The fourth-order valence-electron chi connectivity index (χ4n) is 2.46. The van der Waals surface area contributed by atoms with E-state index in [1.165, 1.54) is 18.4 Å². The molecular weight excluding hydrogens is 210 g/mol. The van der Waals surface area contributed by atoms with Crippen molar-refractivity contribution in [3.63, 3.8) is 0 Å². The number of rotatable bonds is 4. The predicted molar refractivity (Wildman–Crippen MR) is 71.0 cm³/mol. The minimum atomic E-state index is 0.433. The molecule has 1 saturated heterocycles. The molecule has 0 spiro atoms. The van der Waals surface area contributed by atoms with E-state index in [1.807, 2.05) is 0 Å². The molecule has 1 N–H and O–H groups in total. The van der Waals surface area contributed by atoms with Crippen LogP contribution in [0.3, 0.4) is 0 Å². The van der Waals surface area contributed by atoms with Crippen LogP contribution in [-0.2, 0) is 4.74 Å². The van der Waals surface area contributed by atoms with Gasteiger partial charge in [-0.3, -0.25) is 0 Å². The van der Waals surface area contributed by atoms with Crippen molar-refractivity contribution in [3.05, 3.63) is 35.9 Å². The topological polar surface area (TPSA) is 21.3 Å². The molecule has 0 bridgehead atoms. The second-order valence-electron chi connectivity index (χ2n) is 5.21. The van der Waals surface area contributed by atoms with Gasteiger partial charge in [0.05, 0.1) is 6.61 Å². The summed E-state index contributed by atoms with van der Waals surface area (Å²) in [7, 11) is 0. The Hall–Kier alpha value is -0.860. The summed E-state index contributed by atoms with van der Waals surface area (Å²) in [4.78, 5) is 0.